The van der Waals surface area contributed by atoms with E-state index in [0.717, 1.165) is 42.9 Å². The zero-order chi connectivity index (χ0) is 17.9. The number of nitrogens with zero attached hydrogens (tertiary/aromatic N) is 3. The van der Waals surface area contributed by atoms with Crippen molar-refractivity contribution in [3.63, 3.8) is 0 Å². The molecule has 0 spiro atoms. The van der Waals surface area contributed by atoms with Crippen LogP contribution < -0.4 is 0 Å². The summed E-state index contributed by atoms with van der Waals surface area (Å²) < 4.78 is 1.18. The second-order valence-corrected chi connectivity index (χ2v) is 8.20. The second-order valence-electron chi connectivity index (χ2n) is 7.11. The molecular formula is C21H23N3OS. The minimum atomic E-state index is 0.184. The van der Waals surface area contributed by atoms with Crippen LogP contribution in [0.1, 0.15) is 21.7 Å². The minimum Gasteiger partial charge on any atom is -0.338 e. The lowest BCUT2D eigenvalue weighted by molar-refractivity contribution is 0.0789. The number of hydrogen-bond acceptors (Lipinski definition) is 4. The average molecular weight is 366 g/mol. The van der Waals surface area contributed by atoms with Gasteiger partial charge in [-0.15, -0.1) is 11.3 Å². The number of amides is 1. The van der Waals surface area contributed by atoms with Crippen LogP contribution in [0.3, 0.4) is 0 Å². The van der Waals surface area contributed by atoms with Crippen molar-refractivity contribution in [2.45, 2.75) is 13.0 Å². The average Bonchev–Trinajstić information content (AvgIpc) is 3.28. The van der Waals surface area contributed by atoms with Crippen LogP contribution in [0.15, 0.2) is 54.9 Å². The van der Waals surface area contributed by atoms with Crippen LogP contribution in [0.5, 0.6) is 0 Å². The zero-order valence-electron chi connectivity index (χ0n) is 15.0. The van der Waals surface area contributed by atoms with Crippen LogP contribution in [0.4, 0.5) is 0 Å². The number of likely N-dealkylation sites (tertiary alicyclic amines) is 1. The van der Waals surface area contributed by atoms with Gasteiger partial charge in [0.05, 0.1) is 4.88 Å². The molecule has 0 aliphatic carbocycles. The number of benzene rings is 1. The van der Waals surface area contributed by atoms with E-state index in [9.17, 15) is 4.79 Å². The van der Waals surface area contributed by atoms with Crippen LogP contribution in [-0.4, -0.2) is 47.4 Å². The molecule has 1 atom stereocenters. The number of carbonyl (C=O) groups excluding carboxylic acids is 1. The first-order chi connectivity index (χ1) is 12.7. The van der Waals surface area contributed by atoms with Gasteiger partial charge in [0.15, 0.2) is 0 Å². The number of thiophene rings is 1. The number of carbonyl (C=O) groups is 1. The van der Waals surface area contributed by atoms with Gasteiger partial charge in [-0.1, -0.05) is 24.3 Å². The molecule has 1 aliphatic rings. The third-order valence-corrected chi connectivity index (χ3v) is 6.06. The summed E-state index contributed by atoms with van der Waals surface area (Å²) in [5, 5.41) is 1.16. The maximum atomic E-state index is 12.9. The fourth-order valence-electron chi connectivity index (χ4n) is 3.72. The highest BCUT2D eigenvalue weighted by Gasteiger charge is 2.28. The normalized spacial score (nSPS) is 17.3. The molecule has 1 fully saturated rings. The topological polar surface area (TPSA) is 36.4 Å². The predicted molar refractivity (Wildman–Crippen MR) is 106 cm³/mol. The molecule has 0 N–H and O–H groups in total. The number of pyridine rings is 1. The Bertz CT molecular complexity index is 859. The van der Waals surface area contributed by atoms with Gasteiger partial charge in [-0.2, -0.15) is 0 Å². The molecule has 1 amide bonds. The summed E-state index contributed by atoms with van der Waals surface area (Å²) in [5.41, 5.74) is 1.23. The number of aromatic nitrogens is 1. The fraction of sp³-hybridized carbons (Fsp3) is 0.333. The Balaban J connectivity index is 1.35. The summed E-state index contributed by atoms with van der Waals surface area (Å²) in [5.74, 6) is 0.721. The fourth-order valence-corrected chi connectivity index (χ4v) is 4.75. The lowest BCUT2D eigenvalue weighted by atomic mass is 10.1. The van der Waals surface area contributed by atoms with Crippen LogP contribution in [0.2, 0.25) is 0 Å². The molecule has 0 bridgehead atoms. The highest BCUT2D eigenvalue weighted by atomic mass is 32.1. The van der Waals surface area contributed by atoms with Gasteiger partial charge in [-0.05, 0) is 48.5 Å². The smallest absolute Gasteiger partial charge is 0.263 e. The van der Waals surface area contributed by atoms with Gasteiger partial charge in [0, 0.05) is 43.3 Å². The molecule has 26 heavy (non-hydrogen) atoms. The van der Waals surface area contributed by atoms with E-state index >= 15 is 0 Å². The van der Waals surface area contributed by atoms with Gasteiger partial charge in [0.25, 0.3) is 5.91 Å². The van der Waals surface area contributed by atoms with Crippen molar-refractivity contribution in [3.05, 3.63) is 65.3 Å². The van der Waals surface area contributed by atoms with Crippen molar-refractivity contribution in [1.82, 2.24) is 14.8 Å². The molecule has 3 aromatic rings. The van der Waals surface area contributed by atoms with E-state index < -0.39 is 0 Å². The Hall–Kier alpha value is -2.24. The molecule has 134 valence electrons. The van der Waals surface area contributed by atoms with E-state index in [1.54, 1.807) is 17.5 Å². The summed E-state index contributed by atoms with van der Waals surface area (Å²) in [4.78, 5) is 22.2. The zero-order valence-corrected chi connectivity index (χ0v) is 15.8. The standard InChI is InChI=1S/C21H23N3OS/c1-23(13-16-5-4-9-22-12-16)14-17-8-10-24(15-17)21(25)20-11-18-6-2-3-7-19(18)26-20/h2-7,9,11-12,17H,8,10,13-15H2,1H3. The van der Waals surface area contributed by atoms with Crippen LogP contribution >= 0.6 is 11.3 Å². The van der Waals surface area contributed by atoms with E-state index in [-0.39, 0.29) is 5.91 Å². The predicted octanol–water partition coefficient (Wildman–Crippen LogP) is 3.89. The molecule has 1 aliphatic heterocycles. The molecule has 4 rings (SSSR count). The monoisotopic (exact) mass is 365 g/mol. The number of rotatable bonds is 5. The van der Waals surface area contributed by atoms with Crippen LogP contribution in [-0.2, 0) is 6.54 Å². The number of hydrogen-bond donors (Lipinski definition) is 0. The van der Waals surface area contributed by atoms with Crippen molar-refractivity contribution in [1.29, 1.82) is 0 Å². The second kappa shape index (κ2) is 7.56. The van der Waals surface area contributed by atoms with E-state index in [4.69, 9.17) is 0 Å². The van der Waals surface area contributed by atoms with Gasteiger partial charge in [-0.3, -0.25) is 9.78 Å². The van der Waals surface area contributed by atoms with Crippen molar-refractivity contribution < 1.29 is 4.79 Å². The Morgan fingerprint density at radius 1 is 1.31 bits per heavy atom. The van der Waals surface area contributed by atoms with Crippen LogP contribution in [0.25, 0.3) is 10.1 Å². The first kappa shape index (κ1) is 17.2. The highest BCUT2D eigenvalue weighted by Crippen LogP contribution is 2.28. The lowest BCUT2D eigenvalue weighted by Crippen LogP contribution is -2.31. The molecule has 1 unspecified atom stereocenters. The Morgan fingerprint density at radius 3 is 3.00 bits per heavy atom. The van der Waals surface area contributed by atoms with E-state index in [1.807, 2.05) is 35.4 Å². The highest BCUT2D eigenvalue weighted by molar-refractivity contribution is 7.20. The maximum Gasteiger partial charge on any atom is 0.263 e. The molecule has 5 heteroatoms. The molecule has 0 radical (unpaired) electrons. The van der Waals surface area contributed by atoms with E-state index in [1.165, 1.54) is 10.3 Å². The minimum absolute atomic E-state index is 0.184. The first-order valence-corrected chi connectivity index (χ1v) is 9.86. The Kier molecular flexibility index (Phi) is 5.00. The van der Waals surface area contributed by atoms with E-state index in [2.05, 4.69) is 35.1 Å². The third-order valence-electron chi connectivity index (χ3n) is 4.95. The molecule has 0 saturated carbocycles. The summed E-state index contributed by atoms with van der Waals surface area (Å²) >= 11 is 1.60. The summed E-state index contributed by atoms with van der Waals surface area (Å²) in [6.45, 7) is 3.61. The van der Waals surface area contributed by atoms with Crippen molar-refractivity contribution in [2.75, 3.05) is 26.7 Å². The number of fused-ring (bicyclic) bond motifs is 1. The van der Waals surface area contributed by atoms with Crippen molar-refractivity contribution in [3.8, 4) is 0 Å². The van der Waals surface area contributed by atoms with Gasteiger partial charge < -0.3 is 9.80 Å². The molecule has 1 aromatic carbocycles. The quantitative estimate of drug-likeness (QED) is 0.688. The summed E-state index contributed by atoms with van der Waals surface area (Å²) in [6.07, 6.45) is 4.80. The van der Waals surface area contributed by atoms with Gasteiger partial charge >= 0.3 is 0 Å². The SMILES string of the molecule is CN(Cc1cccnc1)CC1CCN(C(=O)c2cc3ccccc3s2)C1. The lowest BCUT2D eigenvalue weighted by Gasteiger charge is -2.21. The molecule has 1 saturated heterocycles. The molecule has 2 aromatic heterocycles. The molecule has 3 heterocycles. The van der Waals surface area contributed by atoms with Gasteiger partial charge in [-0.25, -0.2) is 0 Å². The first-order valence-electron chi connectivity index (χ1n) is 9.04. The molecule has 4 nitrogen and oxygen atoms in total. The third kappa shape index (κ3) is 3.79. The Labute approximate surface area is 158 Å². The summed E-state index contributed by atoms with van der Waals surface area (Å²) in [7, 11) is 2.14. The maximum absolute atomic E-state index is 12.9. The van der Waals surface area contributed by atoms with Crippen molar-refractivity contribution >= 4 is 27.3 Å². The Morgan fingerprint density at radius 2 is 2.19 bits per heavy atom. The van der Waals surface area contributed by atoms with E-state index in [0.29, 0.717) is 5.92 Å². The van der Waals surface area contributed by atoms with Gasteiger partial charge in [0.2, 0.25) is 0 Å². The molecular weight excluding hydrogens is 342 g/mol. The van der Waals surface area contributed by atoms with Crippen molar-refractivity contribution in [2.24, 2.45) is 5.92 Å². The summed E-state index contributed by atoms with van der Waals surface area (Å²) in [6, 6.07) is 14.3. The van der Waals surface area contributed by atoms with Crippen LogP contribution in [0, 0.1) is 5.92 Å². The van der Waals surface area contributed by atoms with Gasteiger partial charge in [0.1, 0.15) is 0 Å². The largest absolute Gasteiger partial charge is 0.338 e.